The number of amides is 1. The standard InChI is InChI=1S/C26H31N3O2S/c1-20(27-26(30)22-10-6-11-23(18-22)31-2)25(24-12-7-17-32-24)29-15-13-28(14-16-29)19-21-8-4-3-5-9-21/h3-12,17-18,20,25H,13-16,19H2,1-2H3,(H,27,30). The van der Waals surface area contributed by atoms with Gasteiger partial charge in [-0.1, -0.05) is 42.5 Å². The van der Waals surface area contributed by atoms with Gasteiger partial charge in [0.2, 0.25) is 0 Å². The van der Waals surface area contributed by atoms with Gasteiger partial charge in [-0.15, -0.1) is 11.3 Å². The van der Waals surface area contributed by atoms with Crippen molar-refractivity contribution in [2.75, 3.05) is 33.3 Å². The maximum absolute atomic E-state index is 12.9. The minimum Gasteiger partial charge on any atom is -0.497 e. The van der Waals surface area contributed by atoms with Crippen LogP contribution in [0.1, 0.15) is 33.8 Å². The van der Waals surface area contributed by atoms with E-state index in [1.54, 1.807) is 24.5 Å². The lowest BCUT2D eigenvalue weighted by Crippen LogP contribution is -2.52. The number of carbonyl (C=O) groups is 1. The SMILES string of the molecule is COc1cccc(C(=O)NC(C)C(c2cccs2)N2CCN(Cc3ccccc3)CC2)c1. The van der Waals surface area contributed by atoms with E-state index in [4.69, 9.17) is 4.74 Å². The molecule has 32 heavy (non-hydrogen) atoms. The van der Waals surface area contributed by atoms with E-state index in [0.29, 0.717) is 11.3 Å². The van der Waals surface area contributed by atoms with Crippen molar-refractivity contribution >= 4 is 17.2 Å². The summed E-state index contributed by atoms with van der Waals surface area (Å²) in [5.74, 6) is 0.621. The number of hydrogen-bond acceptors (Lipinski definition) is 5. The van der Waals surface area contributed by atoms with Crippen LogP contribution < -0.4 is 10.1 Å². The monoisotopic (exact) mass is 449 g/mol. The highest BCUT2D eigenvalue weighted by Gasteiger charge is 2.31. The van der Waals surface area contributed by atoms with E-state index in [1.165, 1.54) is 10.4 Å². The van der Waals surface area contributed by atoms with Gasteiger partial charge >= 0.3 is 0 Å². The Morgan fingerprint density at radius 3 is 2.50 bits per heavy atom. The third-order valence-electron chi connectivity index (χ3n) is 6.05. The summed E-state index contributed by atoms with van der Waals surface area (Å²) in [4.78, 5) is 19.3. The molecule has 2 heterocycles. The number of piperazine rings is 1. The lowest BCUT2D eigenvalue weighted by atomic mass is 10.0. The summed E-state index contributed by atoms with van der Waals surface area (Å²) in [5, 5.41) is 5.36. The van der Waals surface area contributed by atoms with Gasteiger partial charge in [-0.25, -0.2) is 0 Å². The molecule has 1 N–H and O–H groups in total. The second-order valence-corrected chi connectivity index (χ2v) is 9.23. The average molecular weight is 450 g/mol. The molecule has 5 nitrogen and oxygen atoms in total. The van der Waals surface area contributed by atoms with Crippen molar-refractivity contribution in [2.24, 2.45) is 0 Å². The minimum absolute atomic E-state index is 0.0203. The molecule has 168 valence electrons. The van der Waals surface area contributed by atoms with Gasteiger partial charge in [0.1, 0.15) is 5.75 Å². The molecule has 3 aromatic rings. The Bertz CT molecular complexity index is 985. The topological polar surface area (TPSA) is 44.8 Å². The first kappa shape index (κ1) is 22.5. The molecule has 0 radical (unpaired) electrons. The second-order valence-electron chi connectivity index (χ2n) is 8.25. The molecular formula is C26H31N3O2S. The van der Waals surface area contributed by atoms with Crippen LogP contribution in [-0.4, -0.2) is 55.0 Å². The first-order valence-electron chi connectivity index (χ1n) is 11.1. The zero-order valence-electron chi connectivity index (χ0n) is 18.7. The Hall–Kier alpha value is -2.67. The summed E-state index contributed by atoms with van der Waals surface area (Å²) in [6.45, 7) is 7.10. The van der Waals surface area contributed by atoms with Gasteiger partial charge in [-0.05, 0) is 42.1 Å². The van der Waals surface area contributed by atoms with Gasteiger partial charge in [0.15, 0.2) is 0 Å². The van der Waals surface area contributed by atoms with Crippen molar-refractivity contribution in [1.82, 2.24) is 15.1 Å². The number of thiophene rings is 1. The lowest BCUT2D eigenvalue weighted by Gasteiger charge is -2.41. The number of methoxy groups -OCH3 is 1. The van der Waals surface area contributed by atoms with Gasteiger partial charge in [0, 0.05) is 49.2 Å². The smallest absolute Gasteiger partial charge is 0.251 e. The van der Waals surface area contributed by atoms with E-state index in [-0.39, 0.29) is 18.0 Å². The number of rotatable bonds is 8. The molecular weight excluding hydrogens is 418 g/mol. The Morgan fingerprint density at radius 2 is 1.81 bits per heavy atom. The molecule has 2 aromatic carbocycles. The molecule has 1 fully saturated rings. The van der Waals surface area contributed by atoms with E-state index < -0.39 is 0 Å². The highest BCUT2D eigenvalue weighted by atomic mass is 32.1. The van der Waals surface area contributed by atoms with Crippen LogP contribution in [0.5, 0.6) is 5.75 Å². The first-order chi connectivity index (χ1) is 15.6. The van der Waals surface area contributed by atoms with Crippen LogP contribution in [0.15, 0.2) is 72.1 Å². The first-order valence-corrected chi connectivity index (χ1v) is 12.0. The zero-order valence-corrected chi connectivity index (χ0v) is 19.6. The van der Waals surface area contributed by atoms with Gasteiger partial charge in [0.05, 0.1) is 13.2 Å². The van der Waals surface area contributed by atoms with Crippen molar-refractivity contribution < 1.29 is 9.53 Å². The molecule has 6 heteroatoms. The van der Waals surface area contributed by atoms with Gasteiger partial charge in [0.25, 0.3) is 5.91 Å². The molecule has 0 bridgehead atoms. The third kappa shape index (κ3) is 5.57. The Morgan fingerprint density at radius 1 is 1.03 bits per heavy atom. The minimum atomic E-state index is -0.0688. The van der Waals surface area contributed by atoms with Gasteiger partial charge in [-0.2, -0.15) is 0 Å². The molecule has 4 rings (SSSR count). The summed E-state index contributed by atoms with van der Waals surface area (Å²) in [6.07, 6.45) is 0. The normalized spacial score (nSPS) is 16.9. The number of hydrogen-bond donors (Lipinski definition) is 1. The largest absolute Gasteiger partial charge is 0.497 e. The maximum Gasteiger partial charge on any atom is 0.251 e. The predicted molar refractivity (Wildman–Crippen MR) is 130 cm³/mol. The molecule has 2 unspecified atom stereocenters. The number of benzene rings is 2. The van der Waals surface area contributed by atoms with E-state index in [9.17, 15) is 4.79 Å². The van der Waals surface area contributed by atoms with Crippen LogP contribution in [-0.2, 0) is 6.54 Å². The fourth-order valence-electron chi connectivity index (χ4n) is 4.38. The third-order valence-corrected chi connectivity index (χ3v) is 6.99. The second kappa shape index (κ2) is 10.8. The van der Waals surface area contributed by atoms with Crippen molar-refractivity contribution in [3.05, 3.63) is 88.1 Å². The Kier molecular flexibility index (Phi) is 7.58. The molecule has 2 atom stereocenters. The molecule has 0 spiro atoms. The zero-order chi connectivity index (χ0) is 22.3. The maximum atomic E-state index is 12.9. The summed E-state index contributed by atoms with van der Waals surface area (Å²) in [7, 11) is 1.61. The van der Waals surface area contributed by atoms with Crippen molar-refractivity contribution in [3.8, 4) is 5.75 Å². The predicted octanol–water partition coefficient (Wildman–Crippen LogP) is 4.43. The summed E-state index contributed by atoms with van der Waals surface area (Å²) >= 11 is 1.76. The highest BCUT2D eigenvalue weighted by Crippen LogP contribution is 2.30. The summed E-state index contributed by atoms with van der Waals surface area (Å²) in [5.41, 5.74) is 1.98. The summed E-state index contributed by atoms with van der Waals surface area (Å²) in [6, 6.07) is 22.4. The van der Waals surface area contributed by atoms with Crippen LogP contribution in [0.4, 0.5) is 0 Å². The van der Waals surface area contributed by atoms with E-state index in [2.05, 4.69) is 69.9 Å². The molecule has 1 amide bonds. The molecule has 1 aromatic heterocycles. The van der Waals surface area contributed by atoms with Crippen LogP contribution in [0.3, 0.4) is 0 Å². The molecule has 1 aliphatic rings. The Balaban J connectivity index is 1.42. The molecule has 0 saturated carbocycles. The Labute approximate surface area is 194 Å². The number of nitrogens with zero attached hydrogens (tertiary/aromatic N) is 2. The fraction of sp³-hybridized carbons (Fsp3) is 0.346. The van der Waals surface area contributed by atoms with Crippen molar-refractivity contribution in [1.29, 1.82) is 0 Å². The van der Waals surface area contributed by atoms with E-state index in [1.807, 2.05) is 18.2 Å². The summed E-state index contributed by atoms with van der Waals surface area (Å²) < 4.78 is 5.27. The van der Waals surface area contributed by atoms with Crippen LogP contribution in [0, 0.1) is 0 Å². The highest BCUT2D eigenvalue weighted by molar-refractivity contribution is 7.10. The fourth-order valence-corrected chi connectivity index (χ4v) is 5.34. The van der Waals surface area contributed by atoms with Crippen LogP contribution >= 0.6 is 11.3 Å². The average Bonchev–Trinajstić information content (AvgIpc) is 3.35. The molecule has 1 saturated heterocycles. The lowest BCUT2D eigenvalue weighted by molar-refractivity contribution is 0.0714. The number of nitrogens with one attached hydrogen (secondary N) is 1. The molecule has 1 aliphatic heterocycles. The van der Waals surface area contributed by atoms with E-state index >= 15 is 0 Å². The quantitative estimate of drug-likeness (QED) is 0.552. The molecule has 0 aliphatic carbocycles. The van der Waals surface area contributed by atoms with Gasteiger partial charge < -0.3 is 10.1 Å². The van der Waals surface area contributed by atoms with Gasteiger partial charge in [-0.3, -0.25) is 14.6 Å². The number of carbonyl (C=O) groups excluding carboxylic acids is 1. The van der Waals surface area contributed by atoms with Crippen LogP contribution in [0.25, 0.3) is 0 Å². The van der Waals surface area contributed by atoms with Crippen molar-refractivity contribution in [2.45, 2.75) is 25.6 Å². The number of ether oxygens (including phenoxy) is 1. The van der Waals surface area contributed by atoms with Crippen molar-refractivity contribution in [3.63, 3.8) is 0 Å². The van der Waals surface area contributed by atoms with Crippen LogP contribution in [0.2, 0.25) is 0 Å². The van der Waals surface area contributed by atoms with E-state index in [0.717, 1.165) is 32.7 Å².